The number of hydrogen-bond acceptors (Lipinski definition) is 2. The summed E-state index contributed by atoms with van der Waals surface area (Å²) < 4.78 is 0. The molecule has 4 heteroatoms. The summed E-state index contributed by atoms with van der Waals surface area (Å²) in [6, 6.07) is -0.199. The molecule has 1 saturated carbocycles. The van der Waals surface area contributed by atoms with Gasteiger partial charge < -0.3 is 11.1 Å². The number of nitrogens with two attached hydrogens (primary N) is 1. The van der Waals surface area contributed by atoms with Crippen LogP contribution in [0.4, 0.5) is 0 Å². The quantitative estimate of drug-likeness (QED) is 0.697. The Balaban J connectivity index is 2.53. The molecule has 0 radical (unpaired) electrons. The second-order valence-corrected chi connectivity index (χ2v) is 4.84. The molecule has 80 valence electrons. The number of thiocarbonyl (C=S) groups is 1. The molecule has 1 unspecified atom stereocenters. The van der Waals surface area contributed by atoms with Crippen LogP contribution in [0.2, 0.25) is 0 Å². The zero-order valence-corrected chi connectivity index (χ0v) is 9.62. The highest BCUT2D eigenvalue weighted by atomic mass is 32.1. The van der Waals surface area contributed by atoms with Gasteiger partial charge in [-0.2, -0.15) is 0 Å². The van der Waals surface area contributed by atoms with Gasteiger partial charge in [0, 0.05) is 5.41 Å². The van der Waals surface area contributed by atoms with Crippen LogP contribution in [0, 0.1) is 5.41 Å². The van der Waals surface area contributed by atoms with E-state index in [0.717, 1.165) is 25.7 Å². The first-order valence-corrected chi connectivity index (χ1v) is 5.47. The molecule has 3 nitrogen and oxygen atoms in total. The van der Waals surface area contributed by atoms with Crippen LogP contribution < -0.4 is 11.1 Å². The second-order valence-electron chi connectivity index (χ2n) is 4.37. The van der Waals surface area contributed by atoms with Crippen LogP contribution in [-0.4, -0.2) is 16.9 Å². The number of carbonyl (C=O) groups excluding carboxylic acids is 1. The molecule has 0 aromatic heterocycles. The van der Waals surface area contributed by atoms with E-state index in [9.17, 15) is 4.79 Å². The first-order valence-electron chi connectivity index (χ1n) is 5.06. The Morgan fingerprint density at radius 3 is 2.43 bits per heavy atom. The van der Waals surface area contributed by atoms with Gasteiger partial charge in [-0.15, -0.1) is 0 Å². The highest BCUT2D eigenvalue weighted by molar-refractivity contribution is 7.80. The van der Waals surface area contributed by atoms with Crippen LogP contribution in [0.25, 0.3) is 0 Å². The zero-order chi connectivity index (χ0) is 10.8. The van der Waals surface area contributed by atoms with Crippen LogP contribution in [0.1, 0.15) is 39.5 Å². The normalized spacial score (nSPS) is 21.6. The maximum Gasteiger partial charge on any atom is 0.226 e. The average molecular weight is 214 g/mol. The molecule has 1 aliphatic rings. The Morgan fingerprint density at radius 1 is 1.50 bits per heavy atom. The van der Waals surface area contributed by atoms with E-state index in [1.807, 2.05) is 13.8 Å². The molecular formula is C10H18N2OS. The summed E-state index contributed by atoms with van der Waals surface area (Å²) in [7, 11) is 0. The van der Waals surface area contributed by atoms with Crippen molar-refractivity contribution in [3.8, 4) is 0 Å². The molecule has 0 bridgehead atoms. The highest BCUT2D eigenvalue weighted by Gasteiger charge is 2.36. The maximum absolute atomic E-state index is 11.9. The Morgan fingerprint density at radius 2 is 2.00 bits per heavy atom. The van der Waals surface area contributed by atoms with Gasteiger partial charge in [-0.3, -0.25) is 4.79 Å². The molecule has 3 N–H and O–H groups in total. The number of hydrogen-bond donors (Lipinski definition) is 2. The first kappa shape index (κ1) is 11.4. The van der Waals surface area contributed by atoms with Crippen molar-refractivity contribution in [2.45, 2.75) is 45.6 Å². The molecule has 0 saturated heterocycles. The fraction of sp³-hybridized carbons (Fsp3) is 0.800. The number of nitrogens with one attached hydrogen (secondary N) is 1. The second kappa shape index (κ2) is 4.26. The monoisotopic (exact) mass is 214 g/mol. The average Bonchev–Trinajstić information content (AvgIpc) is 2.53. The zero-order valence-electron chi connectivity index (χ0n) is 8.80. The summed E-state index contributed by atoms with van der Waals surface area (Å²) >= 11 is 4.81. The third-order valence-corrected chi connectivity index (χ3v) is 3.38. The van der Waals surface area contributed by atoms with Crippen molar-refractivity contribution in [1.29, 1.82) is 0 Å². The van der Waals surface area contributed by atoms with E-state index in [2.05, 4.69) is 5.32 Å². The van der Waals surface area contributed by atoms with Crippen molar-refractivity contribution in [2.24, 2.45) is 11.1 Å². The fourth-order valence-electron chi connectivity index (χ4n) is 1.82. The van der Waals surface area contributed by atoms with Crippen molar-refractivity contribution < 1.29 is 4.79 Å². The van der Waals surface area contributed by atoms with Gasteiger partial charge in [0.2, 0.25) is 5.91 Å². The third-order valence-electron chi connectivity index (χ3n) is 3.03. The summed E-state index contributed by atoms with van der Waals surface area (Å²) in [6.45, 7) is 3.83. The third kappa shape index (κ3) is 2.44. The number of carbonyl (C=O) groups is 1. The predicted octanol–water partition coefficient (Wildman–Crippen LogP) is 1.36. The molecule has 0 spiro atoms. The molecule has 1 amide bonds. The fourth-order valence-corrected chi connectivity index (χ4v) is 1.88. The van der Waals surface area contributed by atoms with Crippen molar-refractivity contribution >= 4 is 23.1 Å². The minimum atomic E-state index is -0.199. The topological polar surface area (TPSA) is 55.1 Å². The molecular weight excluding hydrogens is 196 g/mol. The molecule has 0 aromatic carbocycles. The van der Waals surface area contributed by atoms with E-state index >= 15 is 0 Å². The lowest BCUT2D eigenvalue weighted by Gasteiger charge is -2.24. The molecule has 1 fully saturated rings. The Labute approximate surface area is 90.4 Å². The van der Waals surface area contributed by atoms with E-state index in [0.29, 0.717) is 4.99 Å². The summed E-state index contributed by atoms with van der Waals surface area (Å²) in [5, 5.41) is 2.86. The lowest BCUT2D eigenvalue weighted by Crippen LogP contribution is -2.46. The molecule has 0 aliphatic heterocycles. The molecule has 1 aliphatic carbocycles. The number of rotatable bonds is 3. The smallest absolute Gasteiger partial charge is 0.226 e. The summed E-state index contributed by atoms with van der Waals surface area (Å²) in [5.41, 5.74) is 5.25. The van der Waals surface area contributed by atoms with Gasteiger partial charge in [0.15, 0.2) is 0 Å². The lowest BCUT2D eigenvalue weighted by atomic mass is 9.87. The van der Waals surface area contributed by atoms with E-state index < -0.39 is 0 Å². The minimum Gasteiger partial charge on any atom is -0.392 e. The summed E-state index contributed by atoms with van der Waals surface area (Å²) in [6.07, 6.45) is 4.24. The molecule has 0 aromatic rings. The molecule has 14 heavy (non-hydrogen) atoms. The summed E-state index contributed by atoms with van der Waals surface area (Å²) in [4.78, 5) is 12.2. The minimum absolute atomic E-state index is 0.0929. The van der Waals surface area contributed by atoms with Crippen molar-refractivity contribution in [2.75, 3.05) is 0 Å². The van der Waals surface area contributed by atoms with E-state index in [-0.39, 0.29) is 17.4 Å². The van der Waals surface area contributed by atoms with E-state index in [4.69, 9.17) is 18.0 Å². The maximum atomic E-state index is 11.9. The van der Waals surface area contributed by atoms with Crippen molar-refractivity contribution in [3.63, 3.8) is 0 Å². The lowest BCUT2D eigenvalue weighted by molar-refractivity contribution is -0.130. The van der Waals surface area contributed by atoms with Gasteiger partial charge in [-0.25, -0.2) is 0 Å². The van der Waals surface area contributed by atoms with Gasteiger partial charge in [0.25, 0.3) is 0 Å². The summed E-state index contributed by atoms with van der Waals surface area (Å²) in [5.74, 6) is 0.0929. The number of amides is 1. The Bertz CT molecular complexity index is 247. The van der Waals surface area contributed by atoms with Crippen LogP contribution in [0.5, 0.6) is 0 Å². The predicted molar refractivity (Wildman–Crippen MR) is 61.0 cm³/mol. The molecule has 1 atom stereocenters. The van der Waals surface area contributed by atoms with Gasteiger partial charge in [-0.05, 0) is 19.8 Å². The van der Waals surface area contributed by atoms with Crippen molar-refractivity contribution in [3.05, 3.63) is 0 Å². The van der Waals surface area contributed by atoms with Gasteiger partial charge in [0.1, 0.15) is 0 Å². The van der Waals surface area contributed by atoms with E-state index in [1.165, 1.54) is 0 Å². The van der Waals surface area contributed by atoms with Gasteiger partial charge >= 0.3 is 0 Å². The Kier molecular flexibility index (Phi) is 3.48. The van der Waals surface area contributed by atoms with Gasteiger partial charge in [-0.1, -0.05) is 32.0 Å². The van der Waals surface area contributed by atoms with Crippen molar-refractivity contribution in [1.82, 2.24) is 5.32 Å². The standard InChI is InChI=1S/C10H18N2OS/c1-7(8(11)14)12-9(13)10(2)5-3-4-6-10/h7H,3-6H2,1-2H3,(H2,11,14)(H,12,13). The van der Waals surface area contributed by atoms with Crippen LogP contribution >= 0.6 is 12.2 Å². The van der Waals surface area contributed by atoms with Crippen LogP contribution in [0.3, 0.4) is 0 Å². The Hall–Kier alpha value is -0.640. The first-order chi connectivity index (χ1) is 6.46. The molecule has 0 heterocycles. The van der Waals surface area contributed by atoms with Crippen LogP contribution in [0.15, 0.2) is 0 Å². The molecule has 1 rings (SSSR count). The largest absolute Gasteiger partial charge is 0.392 e. The van der Waals surface area contributed by atoms with Gasteiger partial charge in [0.05, 0.1) is 11.0 Å². The van der Waals surface area contributed by atoms with Crippen LogP contribution in [-0.2, 0) is 4.79 Å². The highest BCUT2D eigenvalue weighted by Crippen LogP contribution is 2.37. The SMILES string of the molecule is CC(NC(=O)C1(C)CCCC1)C(N)=S. The van der Waals surface area contributed by atoms with E-state index in [1.54, 1.807) is 0 Å².